The van der Waals surface area contributed by atoms with Crippen LogP contribution in [0.15, 0.2) is 18.2 Å². The van der Waals surface area contributed by atoms with Crippen LogP contribution in [0.3, 0.4) is 0 Å². The topological polar surface area (TPSA) is 110 Å². The number of anilines is 2. The standard InChI is InChI=1S/C11H12N2O2S.ClH.H2O/c1-2-15-11(14)8-6-4-3-5-7(12)9(6)16-10(8)13;;/h3-5H,2,12-13H2,1H3;1H;1H2. The summed E-state index contributed by atoms with van der Waals surface area (Å²) in [6.45, 7) is 2.09. The molecule has 6 N–H and O–H groups in total. The summed E-state index contributed by atoms with van der Waals surface area (Å²) in [6, 6.07) is 5.41. The van der Waals surface area contributed by atoms with Gasteiger partial charge in [0.15, 0.2) is 0 Å². The fourth-order valence-electron chi connectivity index (χ4n) is 1.57. The maximum atomic E-state index is 11.7. The van der Waals surface area contributed by atoms with Crippen LogP contribution < -0.4 is 11.5 Å². The van der Waals surface area contributed by atoms with Crippen LogP contribution >= 0.6 is 23.7 Å². The molecular formula is C11H15ClN2O3S. The summed E-state index contributed by atoms with van der Waals surface area (Å²) >= 11 is 1.31. The molecule has 0 atom stereocenters. The van der Waals surface area contributed by atoms with Gasteiger partial charge in [0.1, 0.15) is 10.6 Å². The summed E-state index contributed by atoms with van der Waals surface area (Å²) in [5.74, 6) is -0.392. The van der Waals surface area contributed by atoms with Gasteiger partial charge >= 0.3 is 5.97 Å². The SMILES string of the molecule is CCOC(=O)c1c(N)sc2c(N)cccc12.Cl.O. The fraction of sp³-hybridized carbons (Fsp3) is 0.182. The first-order valence-electron chi connectivity index (χ1n) is 4.88. The Kier molecular flexibility index (Phi) is 5.90. The molecule has 0 fully saturated rings. The van der Waals surface area contributed by atoms with Crippen molar-refractivity contribution in [3.05, 3.63) is 23.8 Å². The van der Waals surface area contributed by atoms with E-state index >= 15 is 0 Å². The van der Waals surface area contributed by atoms with Crippen molar-refractivity contribution in [1.29, 1.82) is 0 Å². The zero-order chi connectivity index (χ0) is 11.7. The molecule has 0 aliphatic heterocycles. The van der Waals surface area contributed by atoms with E-state index in [-0.39, 0.29) is 17.9 Å². The molecule has 2 aromatic rings. The Bertz CT molecular complexity index is 556. The molecule has 1 aromatic heterocycles. The highest BCUT2D eigenvalue weighted by atomic mass is 35.5. The van der Waals surface area contributed by atoms with Crippen molar-refractivity contribution in [3.63, 3.8) is 0 Å². The van der Waals surface area contributed by atoms with E-state index in [1.54, 1.807) is 19.1 Å². The first-order chi connectivity index (χ1) is 7.65. The van der Waals surface area contributed by atoms with E-state index in [0.717, 1.165) is 10.1 Å². The van der Waals surface area contributed by atoms with Gasteiger partial charge in [0.05, 0.1) is 11.3 Å². The molecule has 0 saturated heterocycles. The third-order valence-corrected chi connectivity index (χ3v) is 3.34. The van der Waals surface area contributed by atoms with Gasteiger partial charge in [0, 0.05) is 11.1 Å². The van der Waals surface area contributed by atoms with Gasteiger partial charge < -0.3 is 21.7 Å². The van der Waals surface area contributed by atoms with Gasteiger partial charge in [-0.25, -0.2) is 4.79 Å². The Balaban J connectivity index is 0.00000144. The van der Waals surface area contributed by atoms with E-state index in [4.69, 9.17) is 16.2 Å². The number of hydrogen-bond donors (Lipinski definition) is 2. The van der Waals surface area contributed by atoms with Gasteiger partial charge in [-0.1, -0.05) is 12.1 Å². The van der Waals surface area contributed by atoms with Crippen LogP contribution in [-0.4, -0.2) is 18.1 Å². The average molecular weight is 291 g/mol. The molecule has 0 spiro atoms. The first kappa shape index (κ1) is 16.5. The second-order valence-corrected chi connectivity index (χ2v) is 4.34. The zero-order valence-electron chi connectivity index (χ0n) is 9.73. The number of thiophene rings is 1. The average Bonchev–Trinajstić information content (AvgIpc) is 2.56. The minimum absolute atomic E-state index is 0. The molecule has 2 rings (SSSR count). The predicted molar refractivity (Wildman–Crippen MR) is 77.5 cm³/mol. The summed E-state index contributed by atoms with van der Waals surface area (Å²) in [6.07, 6.45) is 0. The Labute approximate surface area is 114 Å². The smallest absolute Gasteiger partial charge is 0.341 e. The van der Waals surface area contributed by atoms with E-state index in [1.165, 1.54) is 11.3 Å². The van der Waals surface area contributed by atoms with Gasteiger partial charge in [0.25, 0.3) is 0 Å². The fourth-order valence-corrected chi connectivity index (χ4v) is 2.55. The minimum atomic E-state index is -0.392. The van der Waals surface area contributed by atoms with Gasteiger partial charge in [-0.05, 0) is 13.0 Å². The van der Waals surface area contributed by atoms with Crippen molar-refractivity contribution < 1.29 is 15.0 Å². The van der Waals surface area contributed by atoms with Crippen LogP contribution in [-0.2, 0) is 4.74 Å². The third kappa shape index (κ3) is 2.66. The highest BCUT2D eigenvalue weighted by Crippen LogP contribution is 2.37. The Morgan fingerprint density at radius 1 is 1.39 bits per heavy atom. The lowest BCUT2D eigenvalue weighted by Crippen LogP contribution is -2.06. The number of hydrogen-bond acceptors (Lipinski definition) is 5. The van der Waals surface area contributed by atoms with Crippen molar-refractivity contribution in [2.75, 3.05) is 18.1 Å². The molecule has 1 aromatic carbocycles. The number of nitrogens with two attached hydrogens (primary N) is 2. The number of esters is 1. The highest BCUT2D eigenvalue weighted by Gasteiger charge is 2.18. The monoisotopic (exact) mass is 290 g/mol. The van der Waals surface area contributed by atoms with Crippen molar-refractivity contribution in [3.8, 4) is 0 Å². The highest BCUT2D eigenvalue weighted by molar-refractivity contribution is 7.23. The maximum absolute atomic E-state index is 11.7. The summed E-state index contributed by atoms with van der Waals surface area (Å²) in [7, 11) is 0. The summed E-state index contributed by atoms with van der Waals surface area (Å²) < 4.78 is 5.80. The molecule has 0 saturated carbocycles. The van der Waals surface area contributed by atoms with Crippen LogP contribution in [0.25, 0.3) is 10.1 Å². The molecule has 0 aliphatic carbocycles. The lowest BCUT2D eigenvalue weighted by Gasteiger charge is -2.01. The normalized spacial score (nSPS) is 9.39. The van der Waals surface area contributed by atoms with E-state index in [9.17, 15) is 4.79 Å². The van der Waals surface area contributed by atoms with Gasteiger partial charge in [-0.3, -0.25) is 0 Å². The number of nitrogen functional groups attached to an aromatic ring is 2. The van der Waals surface area contributed by atoms with Crippen LogP contribution in [0, 0.1) is 0 Å². The summed E-state index contributed by atoms with van der Waals surface area (Å²) in [4.78, 5) is 11.7. The Morgan fingerprint density at radius 3 is 2.67 bits per heavy atom. The molecule has 18 heavy (non-hydrogen) atoms. The van der Waals surface area contributed by atoms with E-state index in [1.807, 2.05) is 6.07 Å². The number of halogens is 1. The van der Waals surface area contributed by atoms with Crippen molar-refractivity contribution in [2.24, 2.45) is 0 Å². The summed E-state index contributed by atoms with van der Waals surface area (Å²) in [5.41, 5.74) is 12.7. The van der Waals surface area contributed by atoms with Gasteiger partial charge in [-0.2, -0.15) is 0 Å². The van der Waals surface area contributed by atoms with Crippen LogP contribution in [0.1, 0.15) is 17.3 Å². The minimum Gasteiger partial charge on any atom is -0.462 e. The number of carbonyl (C=O) groups is 1. The van der Waals surface area contributed by atoms with Gasteiger partial charge in [0.2, 0.25) is 0 Å². The summed E-state index contributed by atoms with van der Waals surface area (Å²) in [5, 5.41) is 1.22. The molecule has 0 radical (unpaired) electrons. The molecule has 0 bridgehead atoms. The van der Waals surface area contributed by atoms with Crippen LogP contribution in [0.2, 0.25) is 0 Å². The molecule has 0 amide bonds. The number of ether oxygens (including phenoxy) is 1. The second kappa shape index (κ2) is 6.44. The largest absolute Gasteiger partial charge is 0.462 e. The zero-order valence-corrected chi connectivity index (χ0v) is 11.4. The molecule has 0 aliphatic rings. The Morgan fingerprint density at radius 2 is 2.06 bits per heavy atom. The lowest BCUT2D eigenvalue weighted by atomic mass is 10.1. The van der Waals surface area contributed by atoms with Crippen LogP contribution in [0.4, 0.5) is 10.7 Å². The molecular weight excluding hydrogens is 276 g/mol. The van der Waals surface area contributed by atoms with E-state index in [0.29, 0.717) is 22.9 Å². The maximum Gasteiger partial charge on any atom is 0.341 e. The molecule has 1 heterocycles. The third-order valence-electron chi connectivity index (χ3n) is 2.25. The molecule has 5 nitrogen and oxygen atoms in total. The van der Waals surface area contributed by atoms with Gasteiger partial charge in [-0.15, -0.1) is 23.7 Å². The van der Waals surface area contributed by atoms with Crippen molar-refractivity contribution in [2.45, 2.75) is 6.92 Å². The number of rotatable bonds is 2. The number of fused-ring (bicyclic) bond motifs is 1. The molecule has 100 valence electrons. The quantitative estimate of drug-likeness (QED) is 0.649. The second-order valence-electron chi connectivity index (χ2n) is 3.29. The molecule has 7 heteroatoms. The van der Waals surface area contributed by atoms with Crippen molar-refractivity contribution >= 4 is 50.5 Å². The van der Waals surface area contributed by atoms with Crippen molar-refractivity contribution in [1.82, 2.24) is 0 Å². The van der Waals surface area contributed by atoms with Crippen LogP contribution in [0.5, 0.6) is 0 Å². The number of carbonyl (C=O) groups excluding carboxylic acids is 1. The first-order valence-corrected chi connectivity index (χ1v) is 5.70. The number of benzene rings is 1. The molecule has 0 unspecified atom stereocenters. The van der Waals surface area contributed by atoms with E-state index in [2.05, 4.69) is 0 Å². The Hall–Kier alpha value is -1.50. The predicted octanol–water partition coefficient (Wildman–Crippen LogP) is 1.84. The lowest BCUT2D eigenvalue weighted by molar-refractivity contribution is 0.0530. The van der Waals surface area contributed by atoms with E-state index < -0.39 is 5.97 Å².